The van der Waals surface area contributed by atoms with Crippen LogP contribution in [-0.4, -0.2) is 44.7 Å². The number of piperidine rings is 1. The summed E-state index contributed by atoms with van der Waals surface area (Å²) in [4.78, 5) is 28.4. The van der Waals surface area contributed by atoms with Crippen LogP contribution in [-0.2, 0) is 9.59 Å². The molecule has 2 aliphatic rings. The Bertz CT molecular complexity index is 1120. The van der Waals surface area contributed by atoms with Gasteiger partial charge in [-0.25, -0.2) is 0 Å². The highest BCUT2D eigenvalue weighted by Crippen LogP contribution is 2.41. The molecular weight excluding hydrogens is 422 g/mol. The number of hydrogen-bond donors (Lipinski definition) is 2. The molecular formula is C25H29N3O3S. The number of aromatic amines is 1. The predicted octanol–water partition coefficient (Wildman–Crippen LogP) is 5.28. The van der Waals surface area contributed by atoms with Crippen molar-refractivity contribution in [3.8, 4) is 10.4 Å². The average Bonchev–Trinajstić information content (AvgIpc) is 3.48. The molecule has 168 valence electrons. The predicted molar refractivity (Wildman–Crippen MR) is 126 cm³/mol. The van der Waals surface area contributed by atoms with Gasteiger partial charge in [0, 0.05) is 46.4 Å². The van der Waals surface area contributed by atoms with Gasteiger partial charge in [-0.2, -0.15) is 5.10 Å². The second-order valence-electron chi connectivity index (χ2n) is 9.26. The Balaban J connectivity index is 1.38. The van der Waals surface area contributed by atoms with Crippen LogP contribution in [0.2, 0.25) is 0 Å². The number of carbonyl (C=O) groups excluding carboxylic acids is 1. The Morgan fingerprint density at radius 1 is 1.22 bits per heavy atom. The van der Waals surface area contributed by atoms with Crippen molar-refractivity contribution < 1.29 is 14.7 Å². The summed E-state index contributed by atoms with van der Waals surface area (Å²) in [5, 5.41) is 20.6. The van der Waals surface area contributed by atoms with Gasteiger partial charge in [-0.1, -0.05) is 31.5 Å². The summed E-state index contributed by atoms with van der Waals surface area (Å²) < 4.78 is 0. The molecule has 4 unspecified atom stereocenters. The summed E-state index contributed by atoms with van der Waals surface area (Å²) in [5.74, 6) is -0.797. The van der Waals surface area contributed by atoms with E-state index >= 15 is 0 Å². The van der Waals surface area contributed by atoms with Crippen molar-refractivity contribution in [3.63, 3.8) is 0 Å². The Labute approximate surface area is 191 Å². The van der Waals surface area contributed by atoms with Crippen LogP contribution >= 0.6 is 11.3 Å². The van der Waals surface area contributed by atoms with E-state index in [-0.39, 0.29) is 29.7 Å². The monoisotopic (exact) mass is 451 g/mol. The topological polar surface area (TPSA) is 86.3 Å². The Kier molecular flexibility index (Phi) is 5.76. The number of aliphatic carboxylic acids is 1. The quantitative estimate of drug-likeness (QED) is 0.553. The molecule has 1 saturated heterocycles. The highest BCUT2D eigenvalue weighted by atomic mass is 32.1. The Hall–Kier alpha value is -2.67. The van der Waals surface area contributed by atoms with Crippen LogP contribution in [0.25, 0.3) is 21.3 Å². The van der Waals surface area contributed by atoms with E-state index in [0.29, 0.717) is 6.42 Å². The molecule has 0 bridgehead atoms. The number of carbonyl (C=O) groups is 2. The van der Waals surface area contributed by atoms with Crippen LogP contribution in [0.4, 0.5) is 0 Å². The summed E-state index contributed by atoms with van der Waals surface area (Å²) in [6, 6.07) is 10.4. The molecule has 2 aromatic heterocycles. The van der Waals surface area contributed by atoms with Gasteiger partial charge in [0.1, 0.15) is 0 Å². The molecule has 1 saturated carbocycles. The largest absolute Gasteiger partial charge is 0.481 e. The second kappa shape index (κ2) is 8.70. The Morgan fingerprint density at radius 2 is 2.09 bits per heavy atom. The van der Waals surface area contributed by atoms with Gasteiger partial charge in [-0.05, 0) is 49.1 Å². The van der Waals surface area contributed by atoms with Crippen molar-refractivity contribution in [1.82, 2.24) is 15.1 Å². The molecule has 7 heteroatoms. The van der Waals surface area contributed by atoms with Crippen LogP contribution in [0, 0.1) is 11.8 Å². The fraction of sp³-hybridized carbons (Fsp3) is 0.480. The average molecular weight is 452 g/mol. The van der Waals surface area contributed by atoms with E-state index in [1.807, 2.05) is 23.1 Å². The molecule has 4 atom stereocenters. The zero-order chi connectivity index (χ0) is 22.2. The SMILES string of the molecule is CC(CC(=O)N1CCCC2C(C(=O)O)CCCC21)c1[nH]nc2cccc(-c3cccs3)c12. The number of hydrogen-bond acceptors (Lipinski definition) is 4. The van der Waals surface area contributed by atoms with E-state index in [1.54, 1.807) is 11.3 Å². The number of thiophene rings is 1. The number of nitrogens with one attached hydrogen (secondary N) is 1. The van der Waals surface area contributed by atoms with Crippen LogP contribution in [0.15, 0.2) is 35.7 Å². The van der Waals surface area contributed by atoms with E-state index in [2.05, 4.69) is 34.6 Å². The number of aromatic nitrogens is 2. The smallest absolute Gasteiger partial charge is 0.306 e. The van der Waals surface area contributed by atoms with Crippen LogP contribution in [0.5, 0.6) is 0 Å². The molecule has 3 heterocycles. The highest BCUT2D eigenvalue weighted by Gasteiger charge is 2.43. The number of H-pyrrole nitrogens is 1. The molecule has 0 radical (unpaired) electrons. The summed E-state index contributed by atoms with van der Waals surface area (Å²) in [6.45, 7) is 2.82. The van der Waals surface area contributed by atoms with Crippen molar-refractivity contribution in [2.24, 2.45) is 11.8 Å². The molecule has 3 aromatic rings. The maximum absolute atomic E-state index is 13.4. The van der Waals surface area contributed by atoms with Gasteiger partial charge in [0.15, 0.2) is 0 Å². The third kappa shape index (κ3) is 3.72. The fourth-order valence-corrected chi connectivity index (χ4v) is 6.63. The lowest BCUT2D eigenvalue weighted by molar-refractivity contribution is -0.152. The number of rotatable bonds is 5. The molecule has 0 spiro atoms. The third-order valence-electron chi connectivity index (χ3n) is 7.37. The van der Waals surface area contributed by atoms with E-state index in [4.69, 9.17) is 0 Å². The summed E-state index contributed by atoms with van der Waals surface area (Å²) >= 11 is 1.70. The molecule has 1 aromatic carbocycles. The molecule has 5 rings (SSSR count). The first-order valence-electron chi connectivity index (χ1n) is 11.6. The van der Waals surface area contributed by atoms with Crippen LogP contribution in [0.3, 0.4) is 0 Å². The van der Waals surface area contributed by atoms with Crippen LogP contribution in [0.1, 0.15) is 57.1 Å². The first kappa shape index (κ1) is 21.2. The van der Waals surface area contributed by atoms with E-state index in [9.17, 15) is 14.7 Å². The van der Waals surface area contributed by atoms with Gasteiger partial charge < -0.3 is 10.0 Å². The zero-order valence-corrected chi connectivity index (χ0v) is 19.1. The molecule has 1 aliphatic carbocycles. The van der Waals surface area contributed by atoms with Crippen molar-refractivity contribution in [3.05, 3.63) is 41.4 Å². The minimum absolute atomic E-state index is 0.00662. The zero-order valence-electron chi connectivity index (χ0n) is 18.3. The molecule has 1 aliphatic heterocycles. The lowest BCUT2D eigenvalue weighted by Crippen LogP contribution is -2.53. The first-order valence-corrected chi connectivity index (χ1v) is 12.5. The fourth-order valence-electron chi connectivity index (χ4n) is 5.87. The lowest BCUT2D eigenvalue weighted by Gasteiger charge is -2.46. The first-order chi connectivity index (χ1) is 15.5. The third-order valence-corrected chi connectivity index (χ3v) is 8.27. The number of fused-ring (bicyclic) bond motifs is 2. The van der Waals surface area contributed by atoms with E-state index in [0.717, 1.165) is 60.8 Å². The molecule has 6 nitrogen and oxygen atoms in total. The van der Waals surface area contributed by atoms with Gasteiger partial charge in [0.2, 0.25) is 5.91 Å². The summed E-state index contributed by atoms with van der Waals surface area (Å²) in [6.07, 6.45) is 4.74. The number of amides is 1. The van der Waals surface area contributed by atoms with E-state index < -0.39 is 5.97 Å². The van der Waals surface area contributed by atoms with Crippen LogP contribution < -0.4 is 0 Å². The molecule has 1 amide bonds. The highest BCUT2D eigenvalue weighted by molar-refractivity contribution is 7.13. The van der Waals surface area contributed by atoms with Gasteiger partial charge in [0.25, 0.3) is 0 Å². The molecule has 2 fully saturated rings. The minimum Gasteiger partial charge on any atom is -0.481 e. The second-order valence-corrected chi connectivity index (χ2v) is 10.2. The number of likely N-dealkylation sites (tertiary alicyclic amines) is 1. The maximum atomic E-state index is 13.4. The van der Waals surface area contributed by atoms with Gasteiger partial charge in [0.05, 0.1) is 11.4 Å². The number of carboxylic acids is 1. The van der Waals surface area contributed by atoms with Gasteiger partial charge >= 0.3 is 5.97 Å². The standard InChI is InChI=1S/C25H29N3O3S/c1-15(24-23-18(21-11-5-13-32-21)7-2-9-19(23)26-27-24)14-22(29)28-12-4-8-16-17(25(30)31)6-3-10-20(16)28/h2,5,7,9,11,13,15-17,20H,3-4,6,8,10,12,14H2,1H3,(H,26,27)(H,30,31). The van der Waals surface area contributed by atoms with Crippen molar-refractivity contribution >= 4 is 34.1 Å². The number of nitrogens with zero attached hydrogens (tertiary/aromatic N) is 2. The van der Waals surface area contributed by atoms with E-state index in [1.165, 1.54) is 4.88 Å². The number of benzene rings is 1. The summed E-state index contributed by atoms with van der Waals surface area (Å²) in [5.41, 5.74) is 3.06. The Morgan fingerprint density at radius 3 is 2.88 bits per heavy atom. The maximum Gasteiger partial charge on any atom is 0.306 e. The molecule has 2 N–H and O–H groups in total. The summed E-state index contributed by atoms with van der Waals surface area (Å²) in [7, 11) is 0. The van der Waals surface area contributed by atoms with Crippen molar-refractivity contribution in [2.45, 2.75) is 57.4 Å². The normalized spacial score (nSPS) is 24.3. The number of carboxylic acid groups (broad SMARTS) is 1. The van der Waals surface area contributed by atoms with Gasteiger partial charge in [-0.3, -0.25) is 14.7 Å². The van der Waals surface area contributed by atoms with Gasteiger partial charge in [-0.15, -0.1) is 11.3 Å². The lowest BCUT2D eigenvalue weighted by atomic mass is 9.71. The molecule has 32 heavy (non-hydrogen) atoms. The minimum atomic E-state index is -0.701. The van der Waals surface area contributed by atoms with Crippen molar-refractivity contribution in [2.75, 3.05) is 6.54 Å². The van der Waals surface area contributed by atoms with Crippen molar-refractivity contribution in [1.29, 1.82) is 0 Å².